The highest BCUT2D eigenvalue weighted by molar-refractivity contribution is 6.30. The SMILES string of the molecule is CCc1ccc([C@H](C)NC(=O)c2cccc(Cl)c2)cc1. The van der Waals surface area contributed by atoms with E-state index in [2.05, 4.69) is 36.5 Å². The Balaban J connectivity index is 2.06. The molecule has 3 heteroatoms. The molecule has 0 saturated heterocycles. The number of rotatable bonds is 4. The van der Waals surface area contributed by atoms with Crippen LogP contribution in [0.3, 0.4) is 0 Å². The second kappa shape index (κ2) is 6.58. The number of carbonyl (C=O) groups is 1. The van der Waals surface area contributed by atoms with Gasteiger partial charge in [0.15, 0.2) is 0 Å². The van der Waals surface area contributed by atoms with E-state index in [4.69, 9.17) is 11.6 Å². The van der Waals surface area contributed by atoms with Crippen LogP contribution in [0.5, 0.6) is 0 Å². The first kappa shape index (κ1) is 14.6. The van der Waals surface area contributed by atoms with Gasteiger partial charge in [-0.1, -0.05) is 48.9 Å². The van der Waals surface area contributed by atoms with Gasteiger partial charge in [0.25, 0.3) is 5.91 Å². The average molecular weight is 288 g/mol. The maximum atomic E-state index is 12.1. The summed E-state index contributed by atoms with van der Waals surface area (Å²) in [7, 11) is 0. The topological polar surface area (TPSA) is 29.1 Å². The third-order valence-corrected chi connectivity index (χ3v) is 3.56. The first-order valence-corrected chi connectivity index (χ1v) is 7.13. The lowest BCUT2D eigenvalue weighted by molar-refractivity contribution is 0.0940. The monoisotopic (exact) mass is 287 g/mol. The quantitative estimate of drug-likeness (QED) is 0.887. The van der Waals surface area contributed by atoms with Crippen LogP contribution in [-0.2, 0) is 6.42 Å². The molecule has 2 rings (SSSR count). The molecule has 0 aliphatic heterocycles. The van der Waals surface area contributed by atoms with Crippen molar-refractivity contribution >= 4 is 17.5 Å². The fourth-order valence-electron chi connectivity index (χ4n) is 2.04. The Labute approximate surface area is 124 Å². The van der Waals surface area contributed by atoms with Gasteiger partial charge in [0.05, 0.1) is 6.04 Å². The molecular weight excluding hydrogens is 270 g/mol. The van der Waals surface area contributed by atoms with Crippen LogP contribution in [0.2, 0.25) is 5.02 Å². The maximum absolute atomic E-state index is 12.1. The molecular formula is C17H18ClNO. The van der Waals surface area contributed by atoms with Gasteiger partial charge < -0.3 is 5.32 Å². The van der Waals surface area contributed by atoms with Gasteiger partial charge in [-0.15, -0.1) is 0 Å². The zero-order chi connectivity index (χ0) is 14.5. The summed E-state index contributed by atoms with van der Waals surface area (Å²) in [4.78, 5) is 12.1. The minimum atomic E-state index is -0.112. The van der Waals surface area contributed by atoms with Crippen molar-refractivity contribution in [1.29, 1.82) is 0 Å². The summed E-state index contributed by atoms with van der Waals surface area (Å²) in [5.41, 5.74) is 2.97. The first-order valence-electron chi connectivity index (χ1n) is 6.75. The van der Waals surface area contributed by atoms with Crippen molar-refractivity contribution in [2.75, 3.05) is 0 Å². The first-order chi connectivity index (χ1) is 9.60. The van der Waals surface area contributed by atoms with E-state index in [0.717, 1.165) is 12.0 Å². The molecule has 0 fully saturated rings. The zero-order valence-corrected chi connectivity index (χ0v) is 12.4. The summed E-state index contributed by atoms with van der Waals surface area (Å²) >= 11 is 5.90. The van der Waals surface area contributed by atoms with E-state index in [1.807, 2.05) is 6.92 Å². The average Bonchev–Trinajstić information content (AvgIpc) is 2.47. The van der Waals surface area contributed by atoms with Gasteiger partial charge in [-0.25, -0.2) is 0 Å². The van der Waals surface area contributed by atoms with E-state index in [1.54, 1.807) is 24.3 Å². The van der Waals surface area contributed by atoms with Crippen LogP contribution in [0.15, 0.2) is 48.5 Å². The molecule has 0 aromatic heterocycles. The summed E-state index contributed by atoms with van der Waals surface area (Å²) in [5, 5.41) is 3.55. The van der Waals surface area contributed by atoms with Crippen molar-refractivity contribution < 1.29 is 4.79 Å². The largest absolute Gasteiger partial charge is 0.346 e. The smallest absolute Gasteiger partial charge is 0.251 e. The predicted molar refractivity (Wildman–Crippen MR) is 83.2 cm³/mol. The van der Waals surface area contributed by atoms with Crippen molar-refractivity contribution in [2.45, 2.75) is 26.3 Å². The van der Waals surface area contributed by atoms with Gasteiger partial charge in [0.1, 0.15) is 0 Å². The lowest BCUT2D eigenvalue weighted by Gasteiger charge is -2.15. The number of halogens is 1. The van der Waals surface area contributed by atoms with Gasteiger partial charge in [0.2, 0.25) is 0 Å². The van der Waals surface area contributed by atoms with E-state index >= 15 is 0 Å². The van der Waals surface area contributed by atoms with Crippen molar-refractivity contribution in [1.82, 2.24) is 5.32 Å². The second-order valence-corrected chi connectivity index (χ2v) is 5.24. The molecule has 0 aliphatic rings. The van der Waals surface area contributed by atoms with E-state index in [9.17, 15) is 4.79 Å². The highest BCUT2D eigenvalue weighted by Gasteiger charge is 2.11. The molecule has 1 N–H and O–H groups in total. The van der Waals surface area contributed by atoms with Crippen LogP contribution in [0, 0.1) is 0 Å². The summed E-state index contributed by atoms with van der Waals surface area (Å²) in [5.74, 6) is -0.112. The highest BCUT2D eigenvalue weighted by atomic mass is 35.5. The van der Waals surface area contributed by atoms with E-state index in [1.165, 1.54) is 5.56 Å². The third kappa shape index (κ3) is 3.61. The van der Waals surface area contributed by atoms with Crippen LogP contribution in [0.25, 0.3) is 0 Å². The highest BCUT2D eigenvalue weighted by Crippen LogP contribution is 2.16. The molecule has 20 heavy (non-hydrogen) atoms. The molecule has 2 aromatic carbocycles. The Morgan fingerprint density at radius 1 is 1.20 bits per heavy atom. The molecule has 0 radical (unpaired) electrons. The fourth-order valence-corrected chi connectivity index (χ4v) is 2.23. The summed E-state index contributed by atoms with van der Waals surface area (Å²) in [6.45, 7) is 4.10. The molecule has 0 saturated carbocycles. The molecule has 0 aliphatic carbocycles. The minimum absolute atomic E-state index is 0.0348. The number of hydrogen-bond acceptors (Lipinski definition) is 1. The number of hydrogen-bond donors (Lipinski definition) is 1. The molecule has 0 heterocycles. The van der Waals surface area contributed by atoms with Crippen molar-refractivity contribution in [2.24, 2.45) is 0 Å². The fraction of sp³-hybridized carbons (Fsp3) is 0.235. The summed E-state index contributed by atoms with van der Waals surface area (Å²) in [6, 6.07) is 15.2. The van der Waals surface area contributed by atoms with Crippen LogP contribution >= 0.6 is 11.6 Å². The molecule has 2 aromatic rings. The number of nitrogens with one attached hydrogen (secondary N) is 1. The van der Waals surface area contributed by atoms with Gasteiger partial charge in [-0.2, -0.15) is 0 Å². The number of aryl methyl sites for hydroxylation is 1. The van der Waals surface area contributed by atoms with Gasteiger partial charge >= 0.3 is 0 Å². The molecule has 1 amide bonds. The van der Waals surface area contributed by atoms with Crippen LogP contribution < -0.4 is 5.32 Å². The maximum Gasteiger partial charge on any atom is 0.251 e. The Morgan fingerprint density at radius 3 is 2.50 bits per heavy atom. The van der Waals surface area contributed by atoms with Crippen LogP contribution in [-0.4, -0.2) is 5.91 Å². The lowest BCUT2D eigenvalue weighted by Crippen LogP contribution is -2.26. The second-order valence-electron chi connectivity index (χ2n) is 4.80. The van der Waals surface area contributed by atoms with E-state index in [0.29, 0.717) is 10.6 Å². The minimum Gasteiger partial charge on any atom is -0.346 e. The molecule has 1 atom stereocenters. The standard InChI is InChI=1S/C17H18ClNO/c1-3-13-7-9-14(10-8-13)12(2)19-17(20)15-5-4-6-16(18)11-15/h4-12H,3H2,1-2H3,(H,19,20)/t12-/m0/s1. The molecule has 2 nitrogen and oxygen atoms in total. The van der Waals surface area contributed by atoms with E-state index in [-0.39, 0.29) is 11.9 Å². The Morgan fingerprint density at radius 2 is 1.90 bits per heavy atom. The third-order valence-electron chi connectivity index (χ3n) is 3.32. The molecule has 104 valence electrons. The van der Waals surface area contributed by atoms with Crippen LogP contribution in [0.4, 0.5) is 0 Å². The molecule has 0 bridgehead atoms. The van der Waals surface area contributed by atoms with E-state index < -0.39 is 0 Å². The van der Waals surface area contributed by atoms with Crippen molar-refractivity contribution in [3.05, 3.63) is 70.2 Å². The predicted octanol–water partition coefficient (Wildman–Crippen LogP) is 4.39. The lowest BCUT2D eigenvalue weighted by atomic mass is 10.0. The number of amides is 1. The summed E-state index contributed by atoms with van der Waals surface area (Å²) < 4.78 is 0. The summed E-state index contributed by atoms with van der Waals surface area (Å²) in [6.07, 6.45) is 1.02. The molecule has 0 spiro atoms. The Kier molecular flexibility index (Phi) is 4.80. The normalized spacial score (nSPS) is 11.9. The zero-order valence-electron chi connectivity index (χ0n) is 11.7. The van der Waals surface area contributed by atoms with Gasteiger partial charge in [-0.3, -0.25) is 4.79 Å². The van der Waals surface area contributed by atoms with Crippen LogP contribution in [0.1, 0.15) is 41.4 Å². The van der Waals surface area contributed by atoms with Crippen molar-refractivity contribution in [3.63, 3.8) is 0 Å². The van der Waals surface area contributed by atoms with Crippen molar-refractivity contribution in [3.8, 4) is 0 Å². The Bertz CT molecular complexity index is 592. The van der Waals surface area contributed by atoms with Gasteiger partial charge in [-0.05, 0) is 42.7 Å². The number of benzene rings is 2. The Hall–Kier alpha value is -1.80. The number of carbonyl (C=O) groups excluding carboxylic acids is 1. The van der Waals surface area contributed by atoms with Gasteiger partial charge in [0, 0.05) is 10.6 Å². The molecule has 0 unspecified atom stereocenters.